The van der Waals surface area contributed by atoms with Crippen LogP contribution in [0.1, 0.15) is 26.2 Å². The summed E-state index contributed by atoms with van der Waals surface area (Å²) in [6, 6.07) is 2.17. The van der Waals surface area contributed by atoms with Crippen molar-refractivity contribution < 1.29 is 0 Å². The molecule has 104 valence electrons. The van der Waals surface area contributed by atoms with Gasteiger partial charge in [-0.2, -0.15) is 11.8 Å². The second kappa shape index (κ2) is 5.99. The highest BCUT2D eigenvalue weighted by Gasteiger charge is 2.18. The third kappa shape index (κ3) is 3.14. The SMILES string of the molecule is CC1CCN(c2cc(N3CCCC3)ncn2)CCS1. The largest absolute Gasteiger partial charge is 0.356 e. The smallest absolute Gasteiger partial charge is 0.134 e. The van der Waals surface area contributed by atoms with Crippen molar-refractivity contribution >= 4 is 23.4 Å². The fourth-order valence-corrected chi connectivity index (χ4v) is 3.76. The van der Waals surface area contributed by atoms with Crippen molar-refractivity contribution in [3.63, 3.8) is 0 Å². The summed E-state index contributed by atoms with van der Waals surface area (Å²) in [7, 11) is 0. The van der Waals surface area contributed by atoms with Crippen LogP contribution in [0.15, 0.2) is 12.4 Å². The van der Waals surface area contributed by atoms with Gasteiger partial charge in [0.1, 0.15) is 18.0 Å². The van der Waals surface area contributed by atoms with Gasteiger partial charge in [0.05, 0.1) is 0 Å². The number of nitrogens with zero attached hydrogens (tertiary/aromatic N) is 4. The average molecular weight is 278 g/mol. The molecule has 0 aliphatic carbocycles. The van der Waals surface area contributed by atoms with Crippen molar-refractivity contribution in [2.24, 2.45) is 0 Å². The molecule has 1 unspecified atom stereocenters. The molecule has 0 N–H and O–H groups in total. The Labute approximate surface area is 119 Å². The first-order valence-electron chi connectivity index (χ1n) is 7.26. The van der Waals surface area contributed by atoms with Crippen LogP contribution in [0.4, 0.5) is 11.6 Å². The molecule has 0 saturated carbocycles. The molecule has 2 fully saturated rings. The minimum atomic E-state index is 0.768. The highest BCUT2D eigenvalue weighted by atomic mass is 32.2. The van der Waals surface area contributed by atoms with Gasteiger partial charge in [0.25, 0.3) is 0 Å². The predicted octanol–water partition coefficient (Wildman–Crippen LogP) is 2.41. The average Bonchev–Trinajstić information content (AvgIpc) is 2.89. The van der Waals surface area contributed by atoms with E-state index in [1.807, 2.05) is 0 Å². The first-order chi connectivity index (χ1) is 9.33. The molecule has 4 nitrogen and oxygen atoms in total. The molecule has 0 spiro atoms. The Balaban J connectivity index is 1.74. The maximum atomic E-state index is 4.48. The zero-order valence-corrected chi connectivity index (χ0v) is 12.4. The van der Waals surface area contributed by atoms with Crippen molar-refractivity contribution in [2.75, 3.05) is 41.7 Å². The highest BCUT2D eigenvalue weighted by molar-refractivity contribution is 7.99. The normalized spacial score (nSPS) is 24.6. The van der Waals surface area contributed by atoms with Crippen LogP contribution in [-0.2, 0) is 0 Å². The van der Waals surface area contributed by atoms with E-state index in [9.17, 15) is 0 Å². The summed E-state index contributed by atoms with van der Waals surface area (Å²) in [6.45, 7) is 6.83. The minimum Gasteiger partial charge on any atom is -0.356 e. The molecule has 1 aromatic heterocycles. The zero-order chi connectivity index (χ0) is 13.1. The first-order valence-corrected chi connectivity index (χ1v) is 8.31. The minimum absolute atomic E-state index is 0.768. The van der Waals surface area contributed by atoms with E-state index in [1.165, 1.54) is 25.0 Å². The topological polar surface area (TPSA) is 32.3 Å². The Morgan fingerprint density at radius 1 is 1.05 bits per heavy atom. The lowest BCUT2D eigenvalue weighted by Crippen LogP contribution is -2.27. The summed E-state index contributed by atoms with van der Waals surface area (Å²) in [5.41, 5.74) is 0. The molecule has 19 heavy (non-hydrogen) atoms. The fraction of sp³-hybridized carbons (Fsp3) is 0.714. The molecule has 1 atom stereocenters. The van der Waals surface area contributed by atoms with E-state index in [1.54, 1.807) is 6.33 Å². The predicted molar refractivity (Wildman–Crippen MR) is 82.2 cm³/mol. The van der Waals surface area contributed by atoms with Gasteiger partial charge in [-0.3, -0.25) is 0 Å². The van der Waals surface area contributed by atoms with Crippen molar-refractivity contribution in [2.45, 2.75) is 31.4 Å². The van der Waals surface area contributed by atoms with Crippen molar-refractivity contribution in [1.82, 2.24) is 9.97 Å². The standard InChI is InChI=1S/C14H22N4S/c1-12-4-7-18(8-9-19-12)14-10-13(15-11-16-14)17-5-2-3-6-17/h10-12H,2-9H2,1H3. The number of aromatic nitrogens is 2. The lowest BCUT2D eigenvalue weighted by atomic mass is 10.3. The summed E-state index contributed by atoms with van der Waals surface area (Å²) in [5, 5.41) is 0.768. The number of hydrogen-bond acceptors (Lipinski definition) is 5. The van der Waals surface area contributed by atoms with Crippen LogP contribution < -0.4 is 9.80 Å². The summed E-state index contributed by atoms with van der Waals surface area (Å²) in [6.07, 6.45) is 5.55. The van der Waals surface area contributed by atoms with Gasteiger partial charge in [-0.15, -0.1) is 0 Å². The van der Waals surface area contributed by atoms with E-state index in [2.05, 4.69) is 44.5 Å². The van der Waals surface area contributed by atoms with E-state index in [0.717, 1.165) is 43.1 Å². The van der Waals surface area contributed by atoms with Gasteiger partial charge < -0.3 is 9.80 Å². The van der Waals surface area contributed by atoms with E-state index in [4.69, 9.17) is 0 Å². The molecule has 2 saturated heterocycles. The Morgan fingerprint density at radius 3 is 2.47 bits per heavy atom. The van der Waals surface area contributed by atoms with Gasteiger partial charge in [-0.25, -0.2) is 9.97 Å². The molecule has 2 aliphatic rings. The molecule has 2 aliphatic heterocycles. The first kappa shape index (κ1) is 13.0. The third-order valence-electron chi connectivity index (χ3n) is 3.96. The summed E-state index contributed by atoms with van der Waals surface area (Å²) >= 11 is 2.07. The second-order valence-electron chi connectivity index (χ2n) is 5.39. The maximum absolute atomic E-state index is 4.48. The second-order valence-corrected chi connectivity index (χ2v) is 6.93. The lowest BCUT2D eigenvalue weighted by Gasteiger charge is -2.23. The number of anilines is 2. The Hall–Kier alpha value is -0.970. The molecule has 0 amide bonds. The molecular weight excluding hydrogens is 256 g/mol. The fourth-order valence-electron chi connectivity index (χ4n) is 2.76. The van der Waals surface area contributed by atoms with Crippen LogP contribution in [0.5, 0.6) is 0 Å². The Bertz CT molecular complexity index is 420. The van der Waals surface area contributed by atoms with Crippen LogP contribution in [0.2, 0.25) is 0 Å². The van der Waals surface area contributed by atoms with Crippen LogP contribution in [-0.4, -0.2) is 47.1 Å². The van der Waals surface area contributed by atoms with Crippen molar-refractivity contribution in [1.29, 1.82) is 0 Å². The van der Waals surface area contributed by atoms with Crippen molar-refractivity contribution in [3.8, 4) is 0 Å². The third-order valence-corrected chi connectivity index (χ3v) is 5.18. The lowest BCUT2D eigenvalue weighted by molar-refractivity contribution is 0.751. The van der Waals surface area contributed by atoms with E-state index >= 15 is 0 Å². The molecule has 0 radical (unpaired) electrons. The number of hydrogen-bond donors (Lipinski definition) is 0. The molecule has 5 heteroatoms. The van der Waals surface area contributed by atoms with Gasteiger partial charge in [0.15, 0.2) is 0 Å². The van der Waals surface area contributed by atoms with Crippen LogP contribution in [0.3, 0.4) is 0 Å². The van der Waals surface area contributed by atoms with Gasteiger partial charge in [-0.1, -0.05) is 6.92 Å². The van der Waals surface area contributed by atoms with E-state index < -0.39 is 0 Å². The van der Waals surface area contributed by atoms with Crippen LogP contribution in [0.25, 0.3) is 0 Å². The van der Waals surface area contributed by atoms with E-state index in [0.29, 0.717) is 0 Å². The molecule has 1 aromatic rings. The quantitative estimate of drug-likeness (QED) is 0.829. The number of thioether (sulfide) groups is 1. The van der Waals surface area contributed by atoms with Crippen molar-refractivity contribution in [3.05, 3.63) is 12.4 Å². The molecule has 3 rings (SSSR count). The Kier molecular flexibility index (Phi) is 4.11. The monoisotopic (exact) mass is 278 g/mol. The van der Waals surface area contributed by atoms with Crippen LogP contribution >= 0.6 is 11.8 Å². The molecule has 0 bridgehead atoms. The molecule has 3 heterocycles. The summed E-state index contributed by atoms with van der Waals surface area (Å²) in [5.74, 6) is 3.41. The molecule has 0 aromatic carbocycles. The van der Waals surface area contributed by atoms with Gasteiger partial charge in [0, 0.05) is 43.2 Å². The van der Waals surface area contributed by atoms with Crippen LogP contribution in [0, 0.1) is 0 Å². The Morgan fingerprint density at radius 2 is 1.74 bits per heavy atom. The molecular formula is C14H22N4S. The highest BCUT2D eigenvalue weighted by Crippen LogP contribution is 2.25. The van der Waals surface area contributed by atoms with E-state index in [-0.39, 0.29) is 0 Å². The van der Waals surface area contributed by atoms with Gasteiger partial charge >= 0.3 is 0 Å². The summed E-state index contributed by atoms with van der Waals surface area (Å²) < 4.78 is 0. The van der Waals surface area contributed by atoms with Gasteiger partial charge in [0.2, 0.25) is 0 Å². The maximum Gasteiger partial charge on any atom is 0.134 e. The van der Waals surface area contributed by atoms with Gasteiger partial charge in [-0.05, 0) is 19.3 Å². The number of rotatable bonds is 2. The summed E-state index contributed by atoms with van der Waals surface area (Å²) in [4.78, 5) is 13.7. The zero-order valence-electron chi connectivity index (χ0n) is 11.6.